The van der Waals surface area contributed by atoms with Crippen LogP contribution in [0.15, 0.2) is 24.4 Å². The quantitative estimate of drug-likeness (QED) is 0.601. The molecule has 0 spiro atoms. The predicted molar refractivity (Wildman–Crippen MR) is 88.0 cm³/mol. The van der Waals surface area contributed by atoms with Crippen molar-refractivity contribution in [3.8, 4) is 11.1 Å². The van der Waals surface area contributed by atoms with Gasteiger partial charge in [0.25, 0.3) is 0 Å². The lowest BCUT2D eigenvalue weighted by Crippen LogP contribution is -2.00. The number of halogens is 3. The number of aryl methyl sites for hydroxylation is 1. The topological polar surface area (TPSA) is 30.7 Å². The number of pyridine rings is 1. The fourth-order valence-electron chi connectivity index (χ4n) is 2.79. The van der Waals surface area contributed by atoms with Crippen LogP contribution in [0, 0.1) is 5.82 Å². The molecule has 0 aliphatic carbocycles. The molecular weight excluding hydrogens is 324 g/mol. The molecule has 2 aromatic heterocycles. The van der Waals surface area contributed by atoms with E-state index < -0.39 is 0 Å². The van der Waals surface area contributed by atoms with Gasteiger partial charge in [0.05, 0.1) is 5.02 Å². The Hall–Kier alpha value is -1.65. The molecule has 6 heteroatoms. The lowest BCUT2D eigenvalue weighted by Gasteiger charge is -2.11. The second-order valence-electron chi connectivity index (χ2n) is 5.47. The Morgan fingerprint density at radius 2 is 1.91 bits per heavy atom. The smallest absolute Gasteiger partial charge is 0.151 e. The van der Waals surface area contributed by atoms with Gasteiger partial charge in [-0.15, -0.1) is 0 Å². The highest BCUT2D eigenvalue weighted by Crippen LogP contribution is 2.38. The van der Waals surface area contributed by atoms with E-state index in [4.69, 9.17) is 23.2 Å². The minimum Gasteiger partial charge on any atom is -0.271 e. The van der Waals surface area contributed by atoms with E-state index in [1.165, 1.54) is 12.3 Å². The number of hydrogen-bond donors (Lipinski definition) is 0. The van der Waals surface area contributed by atoms with Gasteiger partial charge in [0.15, 0.2) is 5.82 Å². The van der Waals surface area contributed by atoms with Crippen molar-refractivity contribution >= 4 is 34.1 Å². The first-order valence-electron chi connectivity index (χ1n) is 6.86. The minimum atomic E-state index is -0.350. The van der Waals surface area contributed by atoms with Gasteiger partial charge in [0, 0.05) is 29.9 Å². The third-order valence-corrected chi connectivity index (χ3v) is 4.15. The number of rotatable bonds is 2. The minimum absolute atomic E-state index is 0.187. The Kier molecular flexibility index (Phi) is 3.83. The summed E-state index contributed by atoms with van der Waals surface area (Å²) in [4.78, 5) is 3.96. The van der Waals surface area contributed by atoms with Crippen molar-refractivity contribution < 1.29 is 4.39 Å². The molecule has 1 aromatic carbocycles. The van der Waals surface area contributed by atoms with E-state index in [0.717, 1.165) is 22.2 Å². The molecule has 0 atom stereocenters. The Balaban J connectivity index is 2.44. The molecule has 0 unspecified atom stereocenters. The summed E-state index contributed by atoms with van der Waals surface area (Å²) >= 11 is 12.3. The fraction of sp³-hybridized carbons (Fsp3) is 0.250. The van der Waals surface area contributed by atoms with E-state index in [1.807, 2.05) is 20.9 Å². The predicted octanol–water partition coefficient (Wildman–Crippen LogP) is 5.20. The van der Waals surface area contributed by atoms with Gasteiger partial charge in [-0.2, -0.15) is 5.10 Å². The molecule has 0 radical (unpaired) electrons. The summed E-state index contributed by atoms with van der Waals surface area (Å²) in [6.07, 6.45) is 1.50. The summed E-state index contributed by atoms with van der Waals surface area (Å²) in [6.45, 7) is 4.10. The highest BCUT2D eigenvalue weighted by atomic mass is 35.5. The van der Waals surface area contributed by atoms with Gasteiger partial charge in [-0.1, -0.05) is 43.1 Å². The molecule has 0 saturated heterocycles. The summed E-state index contributed by atoms with van der Waals surface area (Å²) in [7, 11) is 1.82. The summed E-state index contributed by atoms with van der Waals surface area (Å²) in [6, 6.07) is 4.80. The second-order valence-corrected chi connectivity index (χ2v) is 6.26. The monoisotopic (exact) mass is 337 g/mol. The number of aromatic nitrogens is 3. The van der Waals surface area contributed by atoms with Gasteiger partial charge in [0.1, 0.15) is 10.7 Å². The third kappa shape index (κ3) is 2.36. The molecule has 0 saturated carbocycles. The Bertz CT molecular complexity index is 871. The maximum atomic E-state index is 14.2. The third-order valence-electron chi connectivity index (χ3n) is 3.64. The standard InChI is InChI=1S/C16H14Cl2FN3/c1-8(2)16-14-9(10-6-13(18)20-7-11(10)17)4-5-12(19)15(14)21-22(16)3/h4-8H,1-3H3. The molecule has 3 nitrogen and oxygen atoms in total. The molecule has 22 heavy (non-hydrogen) atoms. The summed E-state index contributed by atoms with van der Waals surface area (Å²) in [5.74, 6) is -0.163. The van der Waals surface area contributed by atoms with Crippen LogP contribution < -0.4 is 0 Å². The van der Waals surface area contributed by atoms with Gasteiger partial charge in [-0.05, 0) is 23.6 Å². The highest BCUT2D eigenvalue weighted by molar-refractivity contribution is 6.35. The van der Waals surface area contributed by atoms with Crippen molar-refractivity contribution in [1.82, 2.24) is 14.8 Å². The van der Waals surface area contributed by atoms with Crippen molar-refractivity contribution in [2.24, 2.45) is 7.05 Å². The van der Waals surface area contributed by atoms with Gasteiger partial charge >= 0.3 is 0 Å². The number of nitrogens with zero attached hydrogens (tertiary/aromatic N) is 3. The normalized spacial score (nSPS) is 11.6. The number of benzene rings is 1. The van der Waals surface area contributed by atoms with Crippen LogP contribution in [0.25, 0.3) is 22.0 Å². The summed E-state index contributed by atoms with van der Waals surface area (Å²) < 4.78 is 15.9. The van der Waals surface area contributed by atoms with Crippen LogP contribution in [-0.4, -0.2) is 14.8 Å². The number of fused-ring (bicyclic) bond motifs is 1. The van der Waals surface area contributed by atoms with Crippen molar-refractivity contribution in [2.45, 2.75) is 19.8 Å². The molecule has 2 heterocycles. The van der Waals surface area contributed by atoms with Crippen LogP contribution in [-0.2, 0) is 7.05 Å². The lowest BCUT2D eigenvalue weighted by molar-refractivity contribution is 0.628. The van der Waals surface area contributed by atoms with Crippen molar-refractivity contribution in [1.29, 1.82) is 0 Å². The maximum Gasteiger partial charge on any atom is 0.151 e. The molecule has 0 aliphatic rings. The van der Waals surface area contributed by atoms with E-state index in [-0.39, 0.29) is 11.7 Å². The van der Waals surface area contributed by atoms with Crippen LogP contribution in [0.2, 0.25) is 10.2 Å². The molecular formula is C16H14Cl2FN3. The van der Waals surface area contributed by atoms with Crippen molar-refractivity contribution in [2.75, 3.05) is 0 Å². The first-order chi connectivity index (χ1) is 10.4. The number of hydrogen-bond acceptors (Lipinski definition) is 2. The Labute approximate surface area is 137 Å². The fourth-order valence-corrected chi connectivity index (χ4v) is 3.16. The van der Waals surface area contributed by atoms with E-state index in [2.05, 4.69) is 10.1 Å². The van der Waals surface area contributed by atoms with Gasteiger partial charge in [-0.25, -0.2) is 9.37 Å². The zero-order chi connectivity index (χ0) is 16.0. The molecule has 0 fully saturated rings. The zero-order valence-electron chi connectivity index (χ0n) is 12.4. The average Bonchev–Trinajstić information content (AvgIpc) is 2.80. The molecule has 0 N–H and O–H groups in total. The Morgan fingerprint density at radius 1 is 1.18 bits per heavy atom. The van der Waals surface area contributed by atoms with Crippen LogP contribution in [0.4, 0.5) is 4.39 Å². The largest absolute Gasteiger partial charge is 0.271 e. The van der Waals surface area contributed by atoms with E-state index in [0.29, 0.717) is 15.7 Å². The van der Waals surface area contributed by atoms with Crippen molar-refractivity contribution in [3.05, 3.63) is 46.1 Å². The molecule has 3 aromatic rings. The van der Waals surface area contributed by atoms with Crippen LogP contribution >= 0.6 is 23.2 Å². The second kappa shape index (κ2) is 5.52. The molecule has 114 valence electrons. The molecule has 0 aliphatic heterocycles. The van der Waals surface area contributed by atoms with E-state index >= 15 is 0 Å². The summed E-state index contributed by atoms with van der Waals surface area (Å²) in [5.41, 5.74) is 2.82. The summed E-state index contributed by atoms with van der Waals surface area (Å²) in [5, 5.41) is 5.90. The van der Waals surface area contributed by atoms with Crippen LogP contribution in [0.5, 0.6) is 0 Å². The average molecular weight is 338 g/mol. The van der Waals surface area contributed by atoms with Gasteiger partial charge < -0.3 is 0 Å². The van der Waals surface area contributed by atoms with Crippen LogP contribution in [0.3, 0.4) is 0 Å². The van der Waals surface area contributed by atoms with Gasteiger partial charge in [-0.3, -0.25) is 4.68 Å². The Morgan fingerprint density at radius 3 is 2.59 bits per heavy atom. The SMILES string of the molecule is CC(C)c1c2c(-c3cc(Cl)ncc3Cl)ccc(F)c2nn1C. The molecule has 0 amide bonds. The van der Waals surface area contributed by atoms with Gasteiger partial charge in [0.2, 0.25) is 0 Å². The van der Waals surface area contributed by atoms with Crippen molar-refractivity contribution in [3.63, 3.8) is 0 Å². The zero-order valence-corrected chi connectivity index (χ0v) is 13.9. The van der Waals surface area contributed by atoms with E-state index in [1.54, 1.807) is 16.8 Å². The lowest BCUT2D eigenvalue weighted by atomic mass is 9.97. The van der Waals surface area contributed by atoms with E-state index in [9.17, 15) is 4.39 Å². The van der Waals surface area contributed by atoms with Crippen LogP contribution in [0.1, 0.15) is 25.5 Å². The highest BCUT2D eigenvalue weighted by Gasteiger charge is 2.20. The molecule has 0 bridgehead atoms. The maximum absolute atomic E-state index is 14.2. The first kappa shape index (κ1) is 15.3. The molecule has 3 rings (SSSR count). The first-order valence-corrected chi connectivity index (χ1v) is 7.62.